The molecule has 7 nitrogen and oxygen atoms in total. The van der Waals surface area contributed by atoms with Gasteiger partial charge < -0.3 is 15.7 Å². The van der Waals surface area contributed by atoms with Crippen LogP contribution in [0.15, 0.2) is 18.2 Å². The molecule has 3 N–H and O–H groups in total. The fraction of sp³-hybridized carbons (Fsp3) is 0.400. The van der Waals surface area contributed by atoms with E-state index >= 15 is 0 Å². The van der Waals surface area contributed by atoms with Crippen molar-refractivity contribution < 1.29 is 19.5 Å². The third-order valence-corrected chi connectivity index (χ3v) is 4.18. The zero-order valence-corrected chi connectivity index (χ0v) is 13.4. The number of fused-ring (bicyclic) bond motifs is 1. The van der Waals surface area contributed by atoms with E-state index in [-0.39, 0.29) is 35.7 Å². The number of carbonyl (C=O) groups is 3. The maximum absolute atomic E-state index is 12.2. The number of imide groups is 1. The first-order valence-corrected chi connectivity index (χ1v) is 7.12. The van der Waals surface area contributed by atoms with Crippen LogP contribution in [0.4, 0.5) is 0 Å². The van der Waals surface area contributed by atoms with Gasteiger partial charge in [-0.15, -0.1) is 12.4 Å². The molecule has 0 spiro atoms. The summed E-state index contributed by atoms with van der Waals surface area (Å²) in [6.07, 6.45) is -0.465. The van der Waals surface area contributed by atoms with Crippen molar-refractivity contribution in [1.29, 1.82) is 0 Å². The molecule has 0 aromatic heterocycles. The Balaban J connectivity index is 0.00000192. The van der Waals surface area contributed by atoms with Crippen LogP contribution in [0.25, 0.3) is 0 Å². The van der Waals surface area contributed by atoms with Crippen LogP contribution in [0, 0.1) is 5.92 Å². The lowest BCUT2D eigenvalue weighted by atomic mass is 10.0. The Kier molecular flexibility index (Phi) is 5.03. The van der Waals surface area contributed by atoms with Gasteiger partial charge in [-0.25, -0.2) is 0 Å². The molecule has 1 saturated heterocycles. The maximum atomic E-state index is 12.2. The summed E-state index contributed by atoms with van der Waals surface area (Å²) >= 11 is 0. The van der Waals surface area contributed by atoms with E-state index in [1.165, 1.54) is 25.2 Å². The number of carbonyl (C=O) groups excluding carboxylic acids is 3. The number of aliphatic hydroxyl groups excluding tert-OH is 1. The molecule has 3 amide bonds. The lowest BCUT2D eigenvalue weighted by Crippen LogP contribution is -2.34. The minimum atomic E-state index is -0.465. The zero-order valence-electron chi connectivity index (χ0n) is 12.5. The number of benzene rings is 1. The lowest BCUT2D eigenvalue weighted by Gasteiger charge is -2.14. The number of hydrogen-bond donors (Lipinski definition) is 3. The molecule has 1 aromatic carbocycles. The van der Waals surface area contributed by atoms with Crippen molar-refractivity contribution in [2.75, 3.05) is 26.7 Å². The molecule has 2 aliphatic rings. The largest absolute Gasteiger partial charge is 0.391 e. The summed E-state index contributed by atoms with van der Waals surface area (Å²) in [6, 6.07) is 4.47. The van der Waals surface area contributed by atoms with Crippen molar-refractivity contribution in [3.8, 4) is 0 Å². The highest BCUT2D eigenvalue weighted by molar-refractivity contribution is 6.21. The molecule has 2 atom stereocenters. The number of β-amino-alcohol motifs (C(OH)–C–C–N with tert-alkyl or cyclic N) is 1. The van der Waals surface area contributed by atoms with E-state index in [4.69, 9.17) is 0 Å². The van der Waals surface area contributed by atoms with Crippen molar-refractivity contribution in [3.05, 3.63) is 34.9 Å². The van der Waals surface area contributed by atoms with Crippen molar-refractivity contribution in [1.82, 2.24) is 15.5 Å². The normalized spacial score (nSPS) is 22.8. The molecule has 1 fully saturated rings. The molecule has 8 heteroatoms. The molecular formula is C15H18ClN3O4. The molecule has 2 unspecified atom stereocenters. The van der Waals surface area contributed by atoms with Crippen LogP contribution in [0.1, 0.15) is 31.1 Å². The van der Waals surface area contributed by atoms with Gasteiger partial charge in [-0.3, -0.25) is 19.3 Å². The molecule has 23 heavy (non-hydrogen) atoms. The Hall–Kier alpha value is -1.96. The minimum Gasteiger partial charge on any atom is -0.391 e. The molecule has 0 aliphatic carbocycles. The molecular weight excluding hydrogens is 322 g/mol. The number of amides is 3. The third-order valence-electron chi connectivity index (χ3n) is 4.18. The predicted molar refractivity (Wildman–Crippen MR) is 84.8 cm³/mol. The highest BCUT2D eigenvalue weighted by Crippen LogP contribution is 2.22. The summed E-state index contributed by atoms with van der Waals surface area (Å²) in [5, 5.41) is 15.5. The Labute approximate surface area is 139 Å². The standard InChI is InChI=1S/C15H17N3O4.ClH/c1-18-14(21)10-3-2-8(4-11(10)15(18)22)13(20)17-6-9-5-16-7-12(9)19;/h2-4,9,12,16,19H,5-7H2,1H3,(H,17,20);1H. The number of nitrogens with zero attached hydrogens (tertiary/aromatic N) is 1. The highest BCUT2D eigenvalue weighted by atomic mass is 35.5. The van der Waals surface area contributed by atoms with Crippen molar-refractivity contribution >= 4 is 30.1 Å². The van der Waals surface area contributed by atoms with Crippen LogP contribution in [-0.4, -0.2) is 60.5 Å². The third kappa shape index (κ3) is 3.08. The molecule has 0 radical (unpaired) electrons. The number of rotatable bonds is 3. The zero-order chi connectivity index (χ0) is 15.9. The SMILES string of the molecule is CN1C(=O)c2ccc(C(=O)NCC3CNCC3O)cc2C1=O.Cl. The van der Waals surface area contributed by atoms with Crippen molar-refractivity contribution in [2.45, 2.75) is 6.10 Å². The first kappa shape index (κ1) is 17.4. The Morgan fingerprint density at radius 2 is 2.00 bits per heavy atom. The Bertz CT molecular complexity index is 664. The fourth-order valence-electron chi connectivity index (χ4n) is 2.76. The Morgan fingerprint density at radius 1 is 1.30 bits per heavy atom. The highest BCUT2D eigenvalue weighted by Gasteiger charge is 2.33. The van der Waals surface area contributed by atoms with Gasteiger partial charge in [-0.2, -0.15) is 0 Å². The summed E-state index contributed by atoms with van der Waals surface area (Å²) in [5.41, 5.74) is 0.901. The number of halogens is 1. The van der Waals surface area contributed by atoms with E-state index in [9.17, 15) is 19.5 Å². The molecule has 0 bridgehead atoms. The van der Waals surface area contributed by atoms with Crippen LogP contribution < -0.4 is 10.6 Å². The number of hydrogen-bond acceptors (Lipinski definition) is 5. The van der Waals surface area contributed by atoms with Crippen LogP contribution in [0.5, 0.6) is 0 Å². The van der Waals surface area contributed by atoms with E-state index in [0.717, 1.165) is 4.90 Å². The average molecular weight is 340 g/mol. The summed E-state index contributed by atoms with van der Waals surface area (Å²) in [6.45, 7) is 1.54. The predicted octanol–water partition coefficient (Wildman–Crippen LogP) is -0.356. The number of aliphatic hydroxyl groups is 1. The summed E-state index contributed by atoms with van der Waals surface area (Å²) in [5.74, 6) is -1.10. The van der Waals surface area contributed by atoms with Crippen LogP contribution in [-0.2, 0) is 0 Å². The fourth-order valence-corrected chi connectivity index (χ4v) is 2.76. The summed E-state index contributed by atoms with van der Waals surface area (Å²) in [4.78, 5) is 36.9. The van der Waals surface area contributed by atoms with Gasteiger partial charge in [-0.05, 0) is 18.2 Å². The van der Waals surface area contributed by atoms with Crippen LogP contribution in [0.3, 0.4) is 0 Å². The van der Waals surface area contributed by atoms with E-state index in [1.54, 1.807) is 0 Å². The van der Waals surface area contributed by atoms with Gasteiger partial charge >= 0.3 is 0 Å². The number of nitrogens with one attached hydrogen (secondary N) is 2. The van der Waals surface area contributed by atoms with Gasteiger partial charge in [0.1, 0.15) is 0 Å². The van der Waals surface area contributed by atoms with Gasteiger partial charge in [-0.1, -0.05) is 0 Å². The monoisotopic (exact) mass is 339 g/mol. The maximum Gasteiger partial charge on any atom is 0.261 e. The lowest BCUT2D eigenvalue weighted by molar-refractivity contribution is 0.0692. The van der Waals surface area contributed by atoms with E-state index in [1.807, 2.05) is 0 Å². The van der Waals surface area contributed by atoms with Gasteiger partial charge in [0.25, 0.3) is 17.7 Å². The van der Waals surface area contributed by atoms with Crippen molar-refractivity contribution in [2.24, 2.45) is 5.92 Å². The summed E-state index contributed by atoms with van der Waals surface area (Å²) in [7, 11) is 1.42. The van der Waals surface area contributed by atoms with Crippen molar-refractivity contribution in [3.63, 3.8) is 0 Å². The van der Waals surface area contributed by atoms with E-state index in [2.05, 4.69) is 10.6 Å². The molecule has 2 heterocycles. The smallest absolute Gasteiger partial charge is 0.261 e. The van der Waals surface area contributed by atoms with Gasteiger partial charge in [0.05, 0.1) is 17.2 Å². The average Bonchev–Trinajstić information content (AvgIpc) is 3.02. The van der Waals surface area contributed by atoms with Gasteiger partial charge in [0.2, 0.25) is 0 Å². The molecule has 0 saturated carbocycles. The molecule has 2 aliphatic heterocycles. The van der Waals surface area contributed by atoms with Crippen LogP contribution >= 0.6 is 12.4 Å². The summed E-state index contributed by atoms with van der Waals surface area (Å²) < 4.78 is 0. The second kappa shape index (κ2) is 6.66. The molecule has 1 aromatic rings. The van der Waals surface area contributed by atoms with Gasteiger partial charge in [0.15, 0.2) is 0 Å². The van der Waals surface area contributed by atoms with E-state index in [0.29, 0.717) is 30.8 Å². The first-order chi connectivity index (χ1) is 10.5. The second-order valence-corrected chi connectivity index (χ2v) is 5.63. The quantitative estimate of drug-likeness (QED) is 0.653. The minimum absolute atomic E-state index is 0. The Morgan fingerprint density at radius 3 is 2.65 bits per heavy atom. The van der Waals surface area contributed by atoms with E-state index < -0.39 is 12.0 Å². The van der Waals surface area contributed by atoms with Gasteiger partial charge in [0, 0.05) is 38.2 Å². The molecule has 3 rings (SSSR count). The molecule has 124 valence electrons. The first-order valence-electron chi connectivity index (χ1n) is 7.12. The topological polar surface area (TPSA) is 98.7 Å². The van der Waals surface area contributed by atoms with Crippen LogP contribution in [0.2, 0.25) is 0 Å². The second-order valence-electron chi connectivity index (χ2n) is 5.63.